The van der Waals surface area contributed by atoms with Crippen molar-refractivity contribution in [2.45, 2.75) is 45.4 Å². The molecule has 0 bridgehead atoms. The minimum absolute atomic E-state index is 0.0160. The lowest BCUT2D eigenvalue weighted by molar-refractivity contribution is -0.121. The summed E-state index contributed by atoms with van der Waals surface area (Å²) < 4.78 is 5.49. The van der Waals surface area contributed by atoms with Crippen LogP contribution in [0, 0.1) is 5.41 Å². The third-order valence-electron chi connectivity index (χ3n) is 5.93. The molecule has 6 nitrogen and oxygen atoms in total. The van der Waals surface area contributed by atoms with Crippen LogP contribution in [0.5, 0.6) is 5.75 Å². The van der Waals surface area contributed by atoms with Crippen molar-refractivity contribution in [3.63, 3.8) is 0 Å². The zero-order valence-electron chi connectivity index (χ0n) is 16.6. The number of aliphatic imine (C=N–C) groups is 1. The van der Waals surface area contributed by atoms with Crippen LogP contribution in [0.3, 0.4) is 0 Å². The van der Waals surface area contributed by atoms with Gasteiger partial charge < -0.3 is 20.3 Å². The van der Waals surface area contributed by atoms with E-state index in [1.807, 2.05) is 36.2 Å². The maximum atomic E-state index is 12.2. The lowest BCUT2D eigenvalue weighted by Crippen LogP contribution is -2.44. The molecule has 2 aliphatic rings. The number of nitrogens with zero attached hydrogens (tertiary/aromatic N) is 2. The molecule has 0 atom stereocenters. The van der Waals surface area contributed by atoms with Crippen LogP contribution in [0.2, 0.25) is 0 Å². The minimum Gasteiger partial charge on any atom is -0.482 e. The SMILES string of the molecule is CCC1(CNC(=NC)NCCCN2C(=O)COc3ccccc32)CCCC1. The van der Waals surface area contributed by atoms with Crippen molar-refractivity contribution >= 4 is 17.6 Å². The van der Waals surface area contributed by atoms with Gasteiger partial charge in [0.1, 0.15) is 5.75 Å². The molecule has 3 rings (SSSR count). The van der Waals surface area contributed by atoms with Gasteiger partial charge in [-0.1, -0.05) is 31.9 Å². The molecule has 0 radical (unpaired) electrons. The molecular formula is C21H32N4O2. The highest BCUT2D eigenvalue weighted by atomic mass is 16.5. The molecule has 1 aromatic rings. The summed E-state index contributed by atoms with van der Waals surface area (Å²) in [5.41, 5.74) is 1.30. The van der Waals surface area contributed by atoms with Crippen LogP contribution in [0.15, 0.2) is 29.3 Å². The van der Waals surface area contributed by atoms with E-state index in [-0.39, 0.29) is 12.5 Å². The maximum absolute atomic E-state index is 12.2. The van der Waals surface area contributed by atoms with Crippen LogP contribution in [-0.2, 0) is 4.79 Å². The molecule has 2 N–H and O–H groups in total. The van der Waals surface area contributed by atoms with Crippen LogP contribution in [0.1, 0.15) is 45.4 Å². The van der Waals surface area contributed by atoms with E-state index >= 15 is 0 Å². The number of amides is 1. The Morgan fingerprint density at radius 1 is 1.26 bits per heavy atom. The van der Waals surface area contributed by atoms with Gasteiger partial charge in [0.05, 0.1) is 5.69 Å². The number of nitrogens with one attached hydrogen (secondary N) is 2. The van der Waals surface area contributed by atoms with Crippen molar-refractivity contribution in [2.24, 2.45) is 10.4 Å². The molecule has 27 heavy (non-hydrogen) atoms. The molecule has 1 heterocycles. The van der Waals surface area contributed by atoms with Gasteiger partial charge in [-0.05, 0) is 43.2 Å². The molecule has 6 heteroatoms. The van der Waals surface area contributed by atoms with E-state index in [1.54, 1.807) is 0 Å². The average Bonchev–Trinajstić information content (AvgIpc) is 3.18. The Bertz CT molecular complexity index is 668. The normalized spacial score (nSPS) is 18.8. The predicted molar refractivity (Wildman–Crippen MR) is 109 cm³/mol. The number of hydrogen-bond acceptors (Lipinski definition) is 3. The summed E-state index contributed by atoms with van der Waals surface area (Å²) in [7, 11) is 1.81. The highest BCUT2D eigenvalue weighted by Gasteiger charge is 2.31. The number of carbonyl (C=O) groups is 1. The van der Waals surface area contributed by atoms with Gasteiger partial charge in [-0.15, -0.1) is 0 Å². The predicted octanol–water partition coefficient (Wildman–Crippen LogP) is 2.94. The minimum atomic E-state index is 0.0160. The Labute approximate surface area is 162 Å². The second kappa shape index (κ2) is 9.11. The molecule has 0 aromatic heterocycles. The summed E-state index contributed by atoms with van der Waals surface area (Å²) in [4.78, 5) is 18.4. The summed E-state index contributed by atoms with van der Waals surface area (Å²) in [6.45, 7) is 4.83. The lowest BCUT2D eigenvalue weighted by atomic mass is 9.83. The number of hydrogen-bond donors (Lipinski definition) is 2. The Morgan fingerprint density at radius 2 is 2.04 bits per heavy atom. The van der Waals surface area contributed by atoms with Gasteiger partial charge in [-0.2, -0.15) is 0 Å². The molecule has 1 aliphatic heterocycles. The van der Waals surface area contributed by atoms with Crippen LogP contribution >= 0.6 is 0 Å². The first-order chi connectivity index (χ1) is 13.2. The summed E-state index contributed by atoms with van der Waals surface area (Å²) in [5.74, 6) is 1.65. The zero-order chi connectivity index (χ0) is 19.1. The quantitative estimate of drug-likeness (QED) is 0.439. The summed E-state index contributed by atoms with van der Waals surface area (Å²) in [6, 6.07) is 7.71. The van der Waals surface area contributed by atoms with Gasteiger partial charge in [0, 0.05) is 26.7 Å². The Hall–Kier alpha value is -2.24. The van der Waals surface area contributed by atoms with Gasteiger partial charge >= 0.3 is 0 Å². The van der Waals surface area contributed by atoms with Gasteiger partial charge in [0.2, 0.25) is 0 Å². The first-order valence-corrected chi connectivity index (χ1v) is 10.1. The first-order valence-electron chi connectivity index (χ1n) is 10.1. The molecule has 1 fully saturated rings. The van der Waals surface area contributed by atoms with Gasteiger partial charge in [-0.25, -0.2) is 0 Å². The zero-order valence-corrected chi connectivity index (χ0v) is 16.6. The average molecular weight is 373 g/mol. The van der Waals surface area contributed by atoms with E-state index in [2.05, 4.69) is 22.5 Å². The third-order valence-corrected chi connectivity index (χ3v) is 5.93. The number of benzene rings is 1. The van der Waals surface area contributed by atoms with Crippen molar-refractivity contribution in [1.29, 1.82) is 0 Å². The molecule has 1 saturated carbocycles. The molecule has 1 aliphatic carbocycles. The van der Waals surface area contributed by atoms with Gasteiger partial charge in [0.15, 0.2) is 12.6 Å². The van der Waals surface area contributed by atoms with Gasteiger partial charge in [0.25, 0.3) is 5.91 Å². The third kappa shape index (κ3) is 4.73. The lowest BCUT2D eigenvalue weighted by Gasteiger charge is -2.30. The molecule has 0 spiro atoms. The fraction of sp³-hybridized carbons (Fsp3) is 0.619. The molecule has 148 valence electrons. The van der Waals surface area contributed by atoms with E-state index in [4.69, 9.17) is 4.74 Å². The number of ether oxygens (including phenoxy) is 1. The van der Waals surface area contributed by atoms with Crippen LogP contribution < -0.4 is 20.3 Å². The Morgan fingerprint density at radius 3 is 2.78 bits per heavy atom. The number of anilines is 1. The van der Waals surface area contributed by atoms with Crippen LogP contribution in [0.25, 0.3) is 0 Å². The molecule has 1 aromatic carbocycles. The number of rotatable bonds is 7. The Kier molecular flexibility index (Phi) is 6.58. The topological polar surface area (TPSA) is 66.0 Å². The fourth-order valence-corrected chi connectivity index (χ4v) is 4.12. The largest absolute Gasteiger partial charge is 0.482 e. The van der Waals surface area contributed by atoms with Crippen molar-refractivity contribution in [3.05, 3.63) is 24.3 Å². The molecule has 1 amide bonds. The first kappa shape index (κ1) is 19.5. The smallest absolute Gasteiger partial charge is 0.265 e. The van der Waals surface area contributed by atoms with Crippen molar-refractivity contribution in [3.8, 4) is 5.75 Å². The summed E-state index contributed by atoms with van der Waals surface area (Å²) >= 11 is 0. The van der Waals surface area contributed by atoms with Crippen molar-refractivity contribution in [2.75, 3.05) is 38.2 Å². The Balaban J connectivity index is 1.44. The molecular weight excluding hydrogens is 340 g/mol. The summed E-state index contributed by atoms with van der Waals surface area (Å²) in [6.07, 6.45) is 7.38. The number of fused-ring (bicyclic) bond motifs is 1. The van der Waals surface area contributed by atoms with Crippen LogP contribution in [-0.4, -0.2) is 45.2 Å². The van der Waals surface area contributed by atoms with E-state index < -0.39 is 0 Å². The number of para-hydroxylation sites is 2. The van der Waals surface area contributed by atoms with E-state index in [9.17, 15) is 4.79 Å². The standard InChI is InChI=1S/C21H32N4O2/c1-3-21(11-6-7-12-21)16-24-20(22-2)23-13-8-14-25-17-9-4-5-10-18(17)27-15-19(25)26/h4-5,9-10H,3,6-8,11-16H2,1-2H3,(H2,22,23,24). The fourth-order valence-electron chi connectivity index (χ4n) is 4.12. The van der Waals surface area contributed by atoms with E-state index in [0.29, 0.717) is 12.0 Å². The number of guanidine groups is 1. The van der Waals surface area contributed by atoms with Crippen LogP contribution in [0.4, 0.5) is 5.69 Å². The highest BCUT2D eigenvalue weighted by molar-refractivity contribution is 5.97. The van der Waals surface area contributed by atoms with Gasteiger partial charge in [-0.3, -0.25) is 9.79 Å². The van der Waals surface area contributed by atoms with E-state index in [1.165, 1.54) is 32.1 Å². The molecule has 0 unspecified atom stereocenters. The monoisotopic (exact) mass is 372 g/mol. The van der Waals surface area contributed by atoms with E-state index in [0.717, 1.165) is 36.9 Å². The summed E-state index contributed by atoms with van der Waals surface area (Å²) in [5, 5.41) is 6.89. The maximum Gasteiger partial charge on any atom is 0.265 e. The highest BCUT2D eigenvalue weighted by Crippen LogP contribution is 2.40. The number of carbonyl (C=O) groups excluding carboxylic acids is 1. The van der Waals surface area contributed by atoms with Crippen molar-refractivity contribution < 1.29 is 9.53 Å². The molecule has 0 saturated heterocycles. The second-order valence-electron chi connectivity index (χ2n) is 7.57. The van der Waals surface area contributed by atoms with Crippen molar-refractivity contribution in [1.82, 2.24) is 10.6 Å². The second-order valence-corrected chi connectivity index (χ2v) is 7.57.